The molecule has 0 bridgehead atoms. The van der Waals surface area contributed by atoms with Gasteiger partial charge in [-0.3, -0.25) is 4.79 Å². The van der Waals surface area contributed by atoms with E-state index in [0.29, 0.717) is 41.8 Å². The highest BCUT2D eigenvalue weighted by atomic mass is 35.5. The van der Waals surface area contributed by atoms with Gasteiger partial charge in [-0.05, 0) is 19.1 Å². The maximum Gasteiger partial charge on any atom is 0.254 e. The van der Waals surface area contributed by atoms with E-state index < -0.39 is 0 Å². The van der Waals surface area contributed by atoms with Crippen LogP contribution >= 0.6 is 11.6 Å². The molecule has 1 saturated heterocycles. The van der Waals surface area contributed by atoms with Crippen molar-refractivity contribution >= 4 is 17.5 Å². The summed E-state index contributed by atoms with van der Waals surface area (Å²) >= 11 is 6.33. The molecule has 1 amide bonds. The first-order chi connectivity index (χ1) is 12.6. The van der Waals surface area contributed by atoms with Gasteiger partial charge in [-0.1, -0.05) is 11.6 Å². The molecule has 0 aliphatic carbocycles. The average Bonchev–Trinajstić information content (AvgIpc) is 3.08. The molecule has 26 heavy (non-hydrogen) atoms. The highest BCUT2D eigenvalue weighted by Gasteiger charge is 2.31. The van der Waals surface area contributed by atoms with Crippen molar-refractivity contribution in [2.45, 2.75) is 13.0 Å². The van der Waals surface area contributed by atoms with Crippen LogP contribution in [0.5, 0.6) is 11.5 Å². The summed E-state index contributed by atoms with van der Waals surface area (Å²) < 4.78 is 12.8. The number of imidazole rings is 1. The summed E-state index contributed by atoms with van der Waals surface area (Å²) in [6, 6.07) is 3.17. The van der Waals surface area contributed by atoms with Crippen LogP contribution in [0.15, 0.2) is 24.5 Å². The number of amides is 1. The molecule has 1 unspecified atom stereocenters. The molecule has 1 aromatic heterocycles. The fraction of sp³-hybridized carbons (Fsp3) is 0.444. The largest absolute Gasteiger partial charge is 0.493 e. The van der Waals surface area contributed by atoms with Crippen molar-refractivity contribution in [3.05, 3.63) is 40.9 Å². The fourth-order valence-corrected chi connectivity index (χ4v) is 3.44. The van der Waals surface area contributed by atoms with Gasteiger partial charge in [-0.2, -0.15) is 0 Å². The lowest BCUT2D eigenvalue weighted by atomic mass is 10.1. The highest BCUT2D eigenvalue weighted by molar-refractivity contribution is 6.32. The van der Waals surface area contributed by atoms with Crippen LogP contribution in [0.4, 0.5) is 0 Å². The normalized spacial score (nSPS) is 17.2. The predicted octanol–water partition coefficient (Wildman–Crippen LogP) is 2.27. The van der Waals surface area contributed by atoms with E-state index in [1.165, 1.54) is 7.11 Å². The van der Waals surface area contributed by atoms with Crippen LogP contribution in [-0.4, -0.2) is 53.7 Å². The SMILES string of the molecule is CCOc1c(Cl)cc(C(=O)N2CCNCC2c2nccn2C)cc1OC. The molecule has 8 heteroatoms. The Balaban J connectivity index is 1.94. The number of rotatable bonds is 5. The van der Waals surface area contributed by atoms with Crippen molar-refractivity contribution in [1.82, 2.24) is 19.8 Å². The number of halogens is 1. The standard InChI is InChI=1S/C18H23ClN4O3/c1-4-26-16-13(19)9-12(10-15(16)25-3)18(24)23-8-5-20-11-14(23)17-21-6-7-22(17)2/h6-7,9-10,14,20H,4-5,8,11H2,1-3H3. The Morgan fingerprint density at radius 1 is 1.46 bits per heavy atom. The van der Waals surface area contributed by atoms with Crippen molar-refractivity contribution in [2.75, 3.05) is 33.4 Å². The minimum atomic E-state index is -0.146. The number of ether oxygens (including phenoxy) is 2. The molecule has 7 nitrogen and oxygen atoms in total. The van der Waals surface area contributed by atoms with E-state index in [4.69, 9.17) is 21.1 Å². The van der Waals surface area contributed by atoms with E-state index in [9.17, 15) is 4.79 Å². The van der Waals surface area contributed by atoms with E-state index >= 15 is 0 Å². The number of hydrogen-bond acceptors (Lipinski definition) is 5. The van der Waals surface area contributed by atoms with Gasteiger partial charge in [0.1, 0.15) is 11.9 Å². The first-order valence-corrected chi connectivity index (χ1v) is 8.93. The second-order valence-electron chi connectivity index (χ2n) is 6.04. The van der Waals surface area contributed by atoms with Crippen molar-refractivity contribution < 1.29 is 14.3 Å². The van der Waals surface area contributed by atoms with E-state index in [1.807, 2.05) is 29.6 Å². The Morgan fingerprint density at radius 3 is 2.92 bits per heavy atom. The van der Waals surface area contributed by atoms with Crippen LogP contribution in [0.2, 0.25) is 5.02 Å². The molecule has 1 atom stereocenters. The Kier molecular flexibility index (Phi) is 5.68. The lowest BCUT2D eigenvalue weighted by Crippen LogP contribution is -2.49. The third kappa shape index (κ3) is 3.50. The molecule has 0 radical (unpaired) electrons. The third-order valence-electron chi connectivity index (χ3n) is 4.43. The van der Waals surface area contributed by atoms with Crippen molar-refractivity contribution in [2.24, 2.45) is 7.05 Å². The molecule has 140 valence electrons. The van der Waals surface area contributed by atoms with Gasteiger partial charge in [0, 0.05) is 44.6 Å². The lowest BCUT2D eigenvalue weighted by molar-refractivity contribution is 0.0620. The maximum absolute atomic E-state index is 13.2. The number of aryl methyl sites for hydroxylation is 1. The number of carbonyl (C=O) groups is 1. The van der Waals surface area contributed by atoms with Gasteiger partial charge in [0.2, 0.25) is 0 Å². The molecule has 3 rings (SSSR count). The molecule has 1 aromatic carbocycles. The first kappa shape index (κ1) is 18.5. The number of nitrogens with one attached hydrogen (secondary N) is 1. The minimum absolute atomic E-state index is 0.109. The van der Waals surface area contributed by atoms with Gasteiger partial charge in [0.15, 0.2) is 11.5 Å². The molecule has 1 N–H and O–H groups in total. The Hall–Kier alpha value is -2.25. The van der Waals surface area contributed by atoms with Crippen LogP contribution in [0.25, 0.3) is 0 Å². The Morgan fingerprint density at radius 2 is 2.27 bits per heavy atom. The zero-order valence-electron chi connectivity index (χ0n) is 15.2. The van der Waals surface area contributed by atoms with Crippen LogP contribution in [-0.2, 0) is 7.05 Å². The third-order valence-corrected chi connectivity index (χ3v) is 4.71. The number of hydrogen-bond donors (Lipinski definition) is 1. The second kappa shape index (κ2) is 7.97. The van der Waals surface area contributed by atoms with Crippen molar-refractivity contribution in [3.63, 3.8) is 0 Å². The minimum Gasteiger partial charge on any atom is -0.493 e. The number of nitrogens with zero attached hydrogens (tertiary/aromatic N) is 3. The summed E-state index contributed by atoms with van der Waals surface area (Å²) in [5.41, 5.74) is 0.469. The number of aromatic nitrogens is 2. The first-order valence-electron chi connectivity index (χ1n) is 8.56. The number of benzene rings is 1. The van der Waals surface area contributed by atoms with Crippen molar-refractivity contribution in [1.29, 1.82) is 0 Å². The Bertz CT molecular complexity index is 793. The molecule has 1 aliphatic heterocycles. The molecule has 1 aliphatic rings. The van der Waals surface area contributed by atoms with E-state index in [-0.39, 0.29) is 11.9 Å². The topological polar surface area (TPSA) is 68.6 Å². The zero-order chi connectivity index (χ0) is 18.7. The van der Waals surface area contributed by atoms with Gasteiger partial charge in [-0.25, -0.2) is 4.98 Å². The smallest absolute Gasteiger partial charge is 0.254 e. The molecular formula is C18H23ClN4O3. The summed E-state index contributed by atoms with van der Waals surface area (Å²) in [6.45, 7) is 4.30. The molecule has 2 heterocycles. The van der Waals surface area contributed by atoms with Gasteiger partial charge in [-0.15, -0.1) is 0 Å². The molecule has 1 fully saturated rings. The van der Waals surface area contributed by atoms with Crippen LogP contribution in [0.3, 0.4) is 0 Å². The summed E-state index contributed by atoms with van der Waals surface area (Å²) in [5, 5.41) is 3.69. The number of piperazine rings is 1. The molecule has 0 spiro atoms. The monoisotopic (exact) mass is 378 g/mol. The van der Waals surface area contributed by atoms with Crippen molar-refractivity contribution in [3.8, 4) is 11.5 Å². The highest BCUT2D eigenvalue weighted by Crippen LogP contribution is 2.37. The second-order valence-corrected chi connectivity index (χ2v) is 6.44. The predicted molar refractivity (Wildman–Crippen MR) is 99.0 cm³/mol. The van der Waals surface area contributed by atoms with Crippen LogP contribution in [0, 0.1) is 0 Å². The van der Waals surface area contributed by atoms with Gasteiger partial charge >= 0.3 is 0 Å². The molecule has 0 saturated carbocycles. The molecule has 2 aromatic rings. The fourth-order valence-electron chi connectivity index (χ4n) is 3.17. The molecular weight excluding hydrogens is 356 g/mol. The number of carbonyl (C=O) groups excluding carboxylic acids is 1. The summed E-state index contributed by atoms with van der Waals surface area (Å²) in [6.07, 6.45) is 3.62. The lowest BCUT2D eigenvalue weighted by Gasteiger charge is -2.36. The van der Waals surface area contributed by atoms with Gasteiger partial charge in [0.05, 0.1) is 18.7 Å². The van der Waals surface area contributed by atoms with E-state index in [2.05, 4.69) is 10.3 Å². The maximum atomic E-state index is 13.2. The summed E-state index contributed by atoms with van der Waals surface area (Å²) in [5.74, 6) is 1.64. The Labute approximate surface area is 157 Å². The van der Waals surface area contributed by atoms with E-state index in [0.717, 1.165) is 12.4 Å². The van der Waals surface area contributed by atoms with Gasteiger partial charge in [0.25, 0.3) is 5.91 Å². The van der Waals surface area contributed by atoms with Crippen LogP contribution < -0.4 is 14.8 Å². The number of methoxy groups -OCH3 is 1. The van der Waals surface area contributed by atoms with Crippen LogP contribution in [0.1, 0.15) is 29.1 Å². The van der Waals surface area contributed by atoms with E-state index in [1.54, 1.807) is 18.3 Å². The zero-order valence-corrected chi connectivity index (χ0v) is 15.9. The average molecular weight is 379 g/mol. The summed E-state index contributed by atoms with van der Waals surface area (Å²) in [4.78, 5) is 19.4. The van der Waals surface area contributed by atoms with Gasteiger partial charge < -0.3 is 24.3 Å². The quantitative estimate of drug-likeness (QED) is 0.864. The summed E-state index contributed by atoms with van der Waals surface area (Å²) in [7, 11) is 3.46.